The van der Waals surface area contributed by atoms with Gasteiger partial charge in [-0.3, -0.25) is 14.4 Å². The van der Waals surface area contributed by atoms with Crippen molar-refractivity contribution < 1.29 is 14.4 Å². The van der Waals surface area contributed by atoms with Crippen molar-refractivity contribution in [2.24, 2.45) is 0 Å². The van der Waals surface area contributed by atoms with E-state index in [2.05, 4.69) is 17.6 Å². The van der Waals surface area contributed by atoms with E-state index in [4.69, 9.17) is 4.84 Å². The molecule has 3 rings (SSSR count). The van der Waals surface area contributed by atoms with Gasteiger partial charge in [0.25, 0.3) is 5.91 Å². The summed E-state index contributed by atoms with van der Waals surface area (Å²) >= 11 is 0. The Balaban J connectivity index is 1.69. The normalized spacial score (nSPS) is 11.6. The number of ketones is 1. The lowest BCUT2D eigenvalue weighted by molar-refractivity contribution is -0.0219. The van der Waals surface area contributed by atoms with E-state index >= 15 is 0 Å². The first-order valence-electron chi connectivity index (χ1n) is 9.79. The molecule has 0 saturated carbocycles. The van der Waals surface area contributed by atoms with Crippen LogP contribution >= 0.6 is 0 Å². The molecule has 0 aliphatic rings. The summed E-state index contributed by atoms with van der Waals surface area (Å²) in [6.07, 6.45) is 2.18. The molecule has 0 bridgehead atoms. The van der Waals surface area contributed by atoms with Crippen LogP contribution < -0.4 is 5.48 Å². The summed E-state index contributed by atoms with van der Waals surface area (Å²) in [6.45, 7) is 1.54. The molecule has 0 aliphatic carbocycles. The second-order valence-electron chi connectivity index (χ2n) is 6.96. The minimum absolute atomic E-state index is 0.00297. The van der Waals surface area contributed by atoms with E-state index in [1.807, 2.05) is 54.6 Å². The van der Waals surface area contributed by atoms with Gasteiger partial charge in [0.15, 0.2) is 5.78 Å². The van der Waals surface area contributed by atoms with Crippen molar-refractivity contribution in [1.29, 1.82) is 0 Å². The number of benzene rings is 3. The van der Waals surface area contributed by atoms with E-state index in [0.29, 0.717) is 17.5 Å². The molecule has 1 atom stereocenters. The molecule has 0 spiro atoms. The maximum atomic E-state index is 12.4. The Morgan fingerprint density at radius 2 is 1.52 bits per heavy atom. The molecule has 0 heterocycles. The topological polar surface area (TPSA) is 55.4 Å². The zero-order valence-corrected chi connectivity index (χ0v) is 16.5. The van der Waals surface area contributed by atoms with Gasteiger partial charge in [-0.25, -0.2) is 5.48 Å². The van der Waals surface area contributed by atoms with Gasteiger partial charge in [0.2, 0.25) is 0 Å². The molecular formula is C25H25NO3. The Morgan fingerprint density at radius 1 is 0.862 bits per heavy atom. The average Bonchev–Trinajstić information content (AvgIpc) is 2.77. The van der Waals surface area contributed by atoms with Crippen LogP contribution in [0.15, 0.2) is 84.9 Å². The Labute approximate surface area is 171 Å². The average molecular weight is 387 g/mol. The molecule has 1 amide bonds. The van der Waals surface area contributed by atoms with E-state index in [1.165, 1.54) is 5.56 Å². The van der Waals surface area contributed by atoms with Gasteiger partial charge < -0.3 is 0 Å². The molecule has 0 aromatic heterocycles. The number of hydrogen-bond donors (Lipinski definition) is 1. The maximum Gasteiger partial charge on any atom is 0.274 e. The van der Waals surface area contributed by atoms with Crippen molar-refractivity contribution in [1.82, 2.24) is 5.48 Å². The van der Waals surface area contributed by atoms with E-state index in [9.17, 15) is 9.59 Å². The van der Waals surface area contributed by atoms with Crippen molar-refractivity contribution in [2.45, 2.75) is 32.3 Å². The van der Waals surface area contributed by atoms with Gasteiger partial charge in [0, 0.05) is 11.1 Å². The van der Waals surface area contributed by atoms with Crippen LogP contribution in [0, 0.1) is 0 Å². The summed E-state index contributed by atoms with van der Waals surface area (Å²) in [5, 5.41) is 0. The molecule has 0 saturated heterocycles. The fourth-order valence-electron chi connectivity index (χ4n) is 3.16. The van der Waals surface area contributed by atoms with Gasteiger partial charge >= 0.3 is 0 Å². The van der Waals surface area contributed by atoms with E-state index in [0.717, 1.165) is 18.4 Å². The molecule has 29 heavy (non-hydrogen) atoms. The number of carbonyl (C=O) groups is 2. The van der Waals surface area contributed by atoms with Crippen molar-refractivity contribution in [3.05, 3.63) is 107 Å². The highest BCUT2D eigenvalue weighted by Crippen LogP contribution is 2.24. The number of hydroxylamine groups is 1. The predicted octanol–water partition coefficient (Wildman–Crippen LogP) is 5.31. The standard InChI is InChI=1S/C25H25NO3/c1-19(27)22-15-9-16-23(18-22)24(17-8-12-20-10-4-2-5-11-20)29-26-25(28)21-13-6-3-7-14-21/h2-7,9-11,13-16,18,24H,8,12,17H2,1H3,(H,26,28). The molecule has 3 aromatic carbocycles. The summed E-state index contributed by atoms with van der Waals surface area (Å²) in [6, 6.07) is 26.6. The van der Waals surface area contributed by atoms with Gasteiger partial charge in [0.1, 0.15) is 6.10 Å². The maximum absolute atomic E-state index is 12.4. The third kappa shape index (κ3) is 6.13. The molecule has 1 N–H and O–H groups in total. The highest BCUT2D eigenvalue weighted by Gasteiger charge is 2.16. The van der Waals surface area contributed by atoms with Crippen LogP contribution in [0.25, 0.3) is 0 Å². The zero-order chi connectivity index (χ0) is 20.5. The Kier molecular flexibility index (Phi) is 7.31. The van der Waals surface area contributed by atoms with E-state index < -0.39 is 0 Å². The van der Waals surface area contributed by atoms with Gasteiger partial charge in [-0.05, 0) is 55.5 Å². The quantitative estimate of drug-likeness (QED) is 0.400. The number of Topliss-reactive ketones (excluding diaryl/α,β-unsaturated/α-hetero) is 1. The summed E-state index contributed by atoms with van der Waals surface area (Å²) in [5.74, 6) is -0.287. The fraction of sp³-hybridized carbons (Fsp3) is 0.200. The van der Waals surface area contributed by atoms with Crippen LogP contribution in [-0.4, -0.2) is 11.7 Å². The fourth-order valence-corrected chi connectivity index (χ4v) is 3.16. The summed E-state index contributed by atoms with van der Waals surface area (Å²) in [7, 11) is 0. The second kappa shape index (κ2) is 10.3. The van der Waals surface area contributed by atoms with Gasteiger partial charge in [-0.2, -0.15) is 0 Å². The van der Waals surface area contributed by atoms with Crippen molar-refractivity contribution in [2.75, 3.05) is 0 Å². The van der Waals surface area contributed by atoms with Crippen LogP contribution in [-0.2, 0) is 11.3 Å². The largest absolute Gasteiger partial charge is 0.295 e. The van der Waals surface area contributed by atoms with Crippen LogP contribution in [0.5, 0.6) is 0 Å². The molecule has 0 radical (unpaired) electrons. The third-order valence-electron chi connectivity index (χ3n) is 4.77. The molecule has 4 heteroatoms. The lowest BCUT2D eigenvalue weighted by atomic mass is 9.99. The summed E-state index contributed by atoms with van der Waals surface area (Å²) < 4.78 is 0. The molecule has 1 unspecified atom stereocenters. The molecular weight excluding hydrogens is 362 g/mol. The Morgan fingerprint density at radius 3 is 2.21 bits per heavy atom. The molecule has 148 valence electrons. The Bertz CT molecular complexity index is 939. The zero-order valence-electron chi connectivity index (χ0n) is 16.5. The number of rotatable bonds is 9. The first kappa shape index (κ1) is 20.5. The first-order chi connectivity index (χ1) is 14.1. The van der Waals surface area contributed by atoms with Crippen molar-refractivity contribution >= 4 is 11.7 Å². The molecule has 3 aromatic rings. The number of amides is 1. The number of aryl methyl sites for hydroxylation is 1. The summed E-state index contributed by atoms with van der Waals surface area (Å²) in [5.41, 5.74) is 5.87. The van der Waals surface area contributed by atoms with Crippen LogP contribution in [0.2, 0.25) is 0 Å². The van der Waals surface area contributed by atoms with E-state index in [1.54, 1.807) is 25.1 Å². The highest BCUT2D eigenvalue weighted by atomic mass is 16.7. The van der Waals surface area contributed by atoms with Crippen LogP contribution in [0.1, 0.15) is 57.7 Å². The lowest BCUT2D eigenvalue weighted by Crippen LogP contribution is -2.26. The molecule has 0 fully saturated rings. The van der Waals surface area contributed by atoms with Crippen LogP contribution in [0.3, 0.4) is 0 Å². The number of nitrogens with one attached hydrogen (secondary N) is 1. The minimum atomic E-state index is -0.342. The SMILES string of the molecule is CC(=O)c1cccc(C(CCCc2ccccc2)ONC(=O)c2ccccc2)c1. The summed E-state index contributed by atoms with van der Waals surface area (Å²) in [4.78, 5) is 29.9. The van der Waals surface area contributed by atoms with Crippen molar-refractivity contribution in [3.8, 4) is 0 Å². The van der Waals surface area contributed by atoms with Gasteiger partial charge in [0.05, 0.1) is 0 Å². The van der Waals surface area contributed by atoms with Crippen molar-refractivity contribution in [3.63, 3.8) is 0 Å². The van der Waals surface area contributed by atoms with Crippen LogP contribution in [0.4, 0.5) is 0 Å². The number of carbonyl (C=O) groups excluding carboxylic acids is 2. The predicted molar refractivity (Wildman–Crippen MR) is 114 cm³/mol. The number of hydrogen-bond acceptors (Lipinski definition) is 3. The molecule has 4 nitrogen and oxygen atoms in total. The van der Waals surface area contributed by atoms with Gasteiger partial charge in [-0.1, -0.05) is 66.7 Å². The van der Waals surface area contributed by atoms with Gasteiger partial charge in [-0.15, -0.1) is 0 Å². The first-order valence-corrected chi connectivity index (χ1v) is 9.79. The molecule has 0 aliphatic heterocycles. The highest BCUT2D eigenvalue weighted by molar-refractivity contribution is 5.94. The smallest absolute Gasteiger partial charge is 0.274 e. The Hall–Kier alpha value is -3.24. The third-order valence-corrected chi connectivity index (χ3v) is 4.77. The second-order valence-corrected chi connectivity index (χ2v) is 6.96. The minimum Gasteiger partial charge on any atom is -0.295 e. The lowest BCUT2D eigenvalue weighted by Gasteiger charge is -2.19. The monoisotopic (exact) mass is 387 g/mol. The van der Waals surface area contributed by atoms with E-state index in [-0.39, 0.29) is 17.8 Å².